The van der Waals surface area contributed by atoms with E-state index in [9.17, 15) is 0 Å². The van der Waals surface area contributed by atoms with Gasteiger partial charge in [0.25, 0.3) is 0 Å². The summed E-state index contributed by atoms with van der Waals surface area (Å²) in [6, 6.07) is 16.2. The van der Waals surface area contributed by atoms with E-state index in [0.29, 0.717) is 5.88 Å². The molecule has 0 saturated heterocycles. The van der Waals surface area contributed by atoms with Crippen molar-refractivity contribution in [2.24, 2.45) is 0 Å². The third-order valence-electron chi connectivity index (χ3n) is 2.84. The van der Waals surface area contributed by atoms with Crippen molar-refractivity contribution in [2.75, 3.05) is 0 Å². The highest BCUT2D eigenvalue weighted by Crippen LogP contribution is 2.13. The molecule has 20 heavy (non-hydrogen) atoms. The van der Waals surface area contributed by atoms with Gasteiger partial charge in [-0.05, 0) is 22.3 Å². The van der Waals surface area contributed by atoms with Gasteiger partial charge in [-0.15, -0.1) is 11.6 Å². The number of hydrogen-bond donors (Lipinski definition) is 0. The zero-order chi connectivity index (χ0) is 14.8. The van der Waals surface area contributed by atoms with Crippen LogP contribution in [-0.4, -0.2) is 0 Å². The van der Waals surface area contributed by atoms with E-state index >= 15 is 0 Å². The molecule has 0 aliphatic rings. The summed E-state index contributed by atoms with van der Waals surface area (Å²) in [6.45, 7) is 7.40. The van der Waals surface area contributed by atoms with E-state index in [1.54, 1.807) is 0 Å². The summed E-state index contributed by atoms with van der Waals surface area (Å²) in [6.07, 6.45) is 3.69. The summed E-state index contributed by atoms with van der Waals surface area (Å²) >= 11 is 9.06. The van der Waals surface area contributed by atoms with E-state index < -0.39 is 0 Å². The first-order valence-electron chi connectivity index (χ1n) is 6.29. The number of benzene rings is 2. The lowest BCUT2D eigenvalue weighted by Crippen LogP contribution is -1.81. The summed E-state index contributed by atoms with van der Waals surface area (Å²) in [7, 11) is 0. The van der Waals surface area contributed by atoms with E-state index in [-0.39, 0.29) is 0 Å². The van der Waals surface area contributed by atoms with Crippen molar-refractivity contribution in [3.05, 3.63) is 83.9 Å². The highest BCUT2D eigenvalue weighted by atomic mass is 79.9. The van der Waals surface area contributed by atoms with Gasteiger partial charge in [0, 0.05) is 11.2 Å². The first kappa shape index (κ1) is 16.7. The molecule has 0 nitrogen and oxygen atoms in total. The zero-order valence-corrected chi connectivity index (χ0v) is 13.7. The molecule has 0 unspecified atom stereocenters. The van der Waals surface area contributed by atoms with Crippen molar-refractivity contribution in [1.82, 2.24) is 0 Å². The van der Waals surface area contributed by atoms with Gasteiger partial charge in [0.1, 0.15) is 0 Å². The Kier molecular flexibility index (Phi) is 8.01. The fourth-order valence-electron chi connectivity index (χ4n) is 1.71. The highest BCUT2D eigenvalue weighted by Gasteiger charge is 1.93. The maximum Gasteiger partial charge on any atom is 0.0479 e. The molecule has 0 aliphatic carbocycles. The van der Waals surface area contributed by atoms with Crippen LogP contribution >= 0.6 is 27.5 Å². The Morgan fingerprint density at radius 1 is 0.850 bits per heavy atom. The standard InChI is InChI=1S/C9H9Br.C9H9Cl/c2*1-2-8-5-3-4-6-9(8)7-10/h2*2-6H,1,7H2. The van der Waals surface area contributed by atoms with Crippen LogP contribution in [-0.2, 0) is 11.2 Å². The Bertz CT molecular complexity index is 509. The quantitative estimate of drug-likeness (QED) is 0.569. The SMILES string of the molecule is C=Cc1ccccc1CBr.C=Cc1ccccc1CCl. The Hall–Kier alpha value is -1.31. The Balaban J connectivity index is 0.000000200. The molecule has 0 heterocycles. The minimum Gasteiger partial charge on any atom is -0.122 e. The molecule has 2 aromatic rings. The molecule has 104 valence electrons. The molecule has 0 amide bonds. The number of rotatable bonds is 4. The van der Waals surface area contributed by atoms with Gasteiger partial charge in [-0.2, -0.15) is 0 Å². The van der Waals surface area contributed by atoms with Crippen LogP contribution in [0.1, 0.15) is 22.3 Å². The third-order valence-corrected chi connectivity index (χ3v) is 3.73. The van der Waals surface area contributed by atoms with Gasteiger partial charge in [0.15, 0.2) is 0 Å². The maximum absolute atomic E-state index is 5.66. The lowest BCUT2D eigenvalue weighted by Gasteiger charge is -1.98. The predicted octanol–water partition coefficient (Wildman–Crippen LogP) is 6.29. The second-order valence-corrected chi connectivity index (χ2v) is 4.90. The molecule has 0 radical (unpaired) electrons. The first-order chi connectivity index (χ1) is 9.76. The molecular formula is C18H18BrCl. The molecule has 0 saturated carbocycles. The molecule has 0 aromatic heterocycles. The molecule has 0 spiro atoms. The Morgan fingerprint density at radius 2 is 1.30 bits per heavy atom. The smallest absolute Gasteiger partial charge is 0.0479 e. The molecule has 0 atom stereocenters. The number of alkyl halides is 2. The van der Waals surface area contributed by atoms with Gasteiger partial charge in [-0.3, -0.25) is 0 Å². The van der Waals surface area contributed by atoms with Crippen molar-refractivity contribution in [2.45, 2.75) is 11.2 Å². The molecule has 2 aromatic carbocycles. The summed E-state index contributed by atoms with van der Waals surface area (Å²) < 4.78 is 0. The average molecular weight is 350 g/mol. The van der Waals surface area contributed by atoms with Crippen LogP contribution in [0.3, 0.4) is 0 Å². The molecule has 0 aliphatic heterocycles. The van der Waals surface area contributed by atoms with E-state index in [4.69, 9.17) is 11.6 Å². The van der Waals surface area contributed by atoms with Gasteiger partial charge in [-0.25, -0.2) is 0 Å². The monoisotopic (exact) mass is 348 g/mol. The summed E-state index contributed by atoms with van der Waals surface area (Å²) in [5.74, 6) is 0.558. The predicted molar refractivity (Wildman–Crippen MR) is 95.3 cm³/mol. The molecule has 0 bridgehead atoms. The van der Waals surface area contributed by atoms with Crippen LogP contribution in [0, 0.1) is 0 Å². The summed E-state index contributed by atoms with van der Waals surface area (Å²) in [5, 5.41) is 0.898. The number of hydrogen-bond acceptors (Lipinski definition) is 0. The van der Waals surface area contributed by atoms with E-state index in [1.165, 1.54) is 11.1 Å². The van der Waals surface area contributed by atoms with Crippen LogP contribution in [0.25, 0.3) is 12.2 Å². The molecule has 2 rings (SSSR count). The van der Waals surface area contributed by atoms with Crippen LogP contribution in [0.15, 0.2) is 61.7 Å². The van der Waals surface area contributed by atoms with Crippen molar-refractivity contribution < 1.29 is 0 Å². The molecule has 0 fully saturated rings. The fraction of sp³-hybridized carbons (Fsp3) is 0.111. The van der Waals surface area contributed by atoms with Crippen molar-refractivity contribution in [1.29, 1.82) is 0 Å². The average Bonchev–Trinajstić information content (AvgIpc) is 2.55. The third kappa shape index (κ3) is 4.99. The molecule has 2 heteroatoms. The Morgan fingerprint density at radius 3 is 1.65 bits per heavy atom. The zero-order valence-electron chi connectivity index (χ0n) is 11.4. The van der Waals surface area contributed by atoms with Crippen LogP contribution < -0.4 is 0 Å². The normalized spacial score (nSPS) is 9.30. The van der Waals surface area contributed by atoms with Gasteiger partial charge < -0.3 is 0 Å². The second kappa shape index (κ2) is 9.57. The number of halogens is 2. The minimum absolute atomic E-state index is 0.558. The van der Waals surface area contributed by atoms with Gasteiger partial charge in [-0.1, -0.05) is 89.8 Å². The summed E-state index contributed by atoms with van der Waals surface area (Å²) in [5.41, 5.74) is 4.76. The Labute approximate surface area is 134 Å². The lowest BCUT2D eigenvalue weighted by atomic mass is 10.1. The van der Waals surface area contributed by atoms with E-state index in [1.807, 2.05) is 48.6 Å². The van der Waals surface area contributed by atoms with E-state index in [2.05, 4.69) is 41.2 Å². The largest absolute Gasteiger partial charge is 0.122 e. The van der Waals surface area contributed by atoms with E-state index in [0.717, 1.165) is 16.5 Å². The molecular weight excluding hydrogens is 332 g/mol. The van der Waals surface area contributed by atoms with Crippen molar-refractivity contribution in [3.8, 4) is 0 Å². The topological polar surface area (TPSA) is 0 Å². The van der Waals surface area contributed by atoms with Gasteiger partial charge >= 0.3 is 0 Å². The second-order valence-electron chi connectivity index (χ2n) is 4.07. The van der Waals surface area contributed by atoms with Crippen LogP contribution in [0.2, 0.25) is 0 Å². The minimum atomic E-state index is 0.558. The lowest BCUT2D eigenvalue weighted by molar-refractivity contribution is 1.38. The molecule has 0 N–H and O–H groups in total. The maximum atomic E-state index is 5.66. The van der Waals surface area contributed by atoms with Gasteiger partial charge in [0.05, 0.1) is 0 Å². The van der Waals surface area contributed by atoms with Crippen LogP contribution in [0.4, 0.5) is 0 Å². The summed E-state index contributed by atoms with van der Waals surface area (Å²) in [4.78, 5) is 0. The van der Waals surface area contributed by atoms with Crippen LogP contribution in [0.5, 0.6) is 0 Å². The fourth-order valence-corrected chi connectivity index (χ4v) is 2.46. The van der Waals surface area contributed by atoms with Crippen molar-refractivity contribution >= 4 is 39.7 Å². The highest BCUT2D eigenvalue weighted by molar-refractivity contribution is 9.08. The van der Waals surface area contributed by atoms with Crippen molar-refractivity contribution in [3.63, 3.8) is 0 Å². The van der Waals surface area contributed by atoms with Gasteiger partial charge in [0.2, 0.25) is 0 Å². The first-order valence-corrected chi connectivity index (χ1v) is 7.95.